The Hall–Kier alpha value is -2.89. The number of piperazine rings is 1. The summed E-state index contributed by atoms with van der Waals surface area (Å²) in [5.74, 6) is -1.02. The Morgan fingerprint density at radius 3 is 2.24 bits per heavy atom. The number of carbonyl (C=O) groups excluding carboxylic acids is 2. The van der Waals surface area contributed by atoms with Gasteiger partial charge in [0.1, 0.15) is 5.82 Å². The molecule has 1 saturated heterocycles. The van der Waals surface area contributed by atoms with Gasteiger partial charge in [-0.3, -0.25) is 4.79 Å². The van der Waals surface area contributed by atoms with E-state index in [-0.39, 0.29) is 18.3 Å². The zero-order valence-corrected chi connectivity index (χ0v) is 13.7. The molecule has 0 spiro atoms. The standard InChI is InChI=1S/C19H19FN2O3/c20-16-8-4-5-9-17(16)21-10-12-22(13-11-21)18(23)14-25-19(24)15-6-2-1-3-7-15/h1-9H,10-14H2. The van der Waals surface area contributed by atoms with Crippen LogP contribution < -0.4 is 4.90 Å². The molecule has 1 aliphatic rings. The third kappa shape index (κ3) is 4.15. The van der Waals surface area contributed by atoms with Gasteiger partial charge in [0.2, 0.25) is 0 Å². The molecule has 0 aromatic heterocycles. The van der Waals surface area contributed by atoms with E-state index in [1.165, 1.54) is 6.07 Å². The predicted molar refractivity (Wildman–Crippen MR) is 91.9 cm³/mol. The van der Waals surface area contributed by atoms with Crippen LogP contribution in [0, 0.1) is 5.82 Å². The summed E-state index contributed by atoms with van der Waals surface area (Å²) < 4.78 is 18.9. The van der Waals surface area contributed by atoms with Gasteiger partial charge in [0.05, 0.1) is 11.3 Å². The smallest absolute Gasteiger partial charge is 0.338 e. The second-order valence-electron chi connectivity index (χ2n) is 5.76. The lowest BCUT2D eigenvalue weighted by atomic mass is 10.2. The maximum absolute atomic E-state index is 13.8. The lowest BCUT2D eigenvalue weighted by molar-refractivity contribution is -0.134. The van der Waals surface area contributed by atoms with Crippen LogP contribution in [0.25, 0.3) is 0 Å². The minimum atomic E-state index is -0.515. The zero-order chi connectivity index (χ0) is 17.6. The highest BCUT2D eigenvalue weighted by molar-refractivity contribution is 5.91. The van der Waals surface area contributed by atoms with Gasteiger partial charge in [0, 0.05) is 26.2 Å². The van der Waals surface area contributed by atoms with Crippen LogP contribution in [0.4, 0.5) is 10.1 Å². The molecule has 0 saturated carbocycles. The van der Waals surface area contributed by atoms with E-state index in [4.69, 9.17) is 4.74 Å². The first-order chi connectivity index (χ1) is 12.1. The van der Waals surface area contributed by atoms with Gasteiger partial charge in [0.15, 0.2) is 6.61 Å². The number of esters is 1. The average Bonchev–Trinajstić information content (AvgIpc) is 2.67. The molecule has 1 heterocycles. The second-order valence-corrected chi connectivity index (χ2v) is 5.76. The Labute approximate surface area is 145 Å². The molecule has 25 heavy (non-hydrogen) atoms. The van der Waals surface area contributed by atoms with E-state index >= 15 is 0 Å². The Kier molecular flexibility index (Phi) is 5.28. The first kappa shape index (κ1) is 17.0. The first-order valence-electron chi connectivity index (χ1n) is 8.14. The summed E-state index contributed by atoms with van der Waals surface area (Å²) in [5.41, 5.74) is 0.963. The monoisotopic (exact) mass is 342 g/mol. The summed E-state index contributed by atoms with van der Waals surface area (Å²) in [4.78, 5) is 27.6. The number of carbonyl (C=O) groups is 2. The van der Waals surface area contributed by atoms with Crippen molar-refractivity contribution in [2.24, 2.45) is 0 Å². The fourth-order valence-corrected chi connectivity index (χ4v) is 2.78. The molecule has 0 bridgehead atoms. The van der Waals surface area contributed by atoms with Crippen LogP contribution in [0.1, 0.15) is 10.4 Å². The Morgan fingerprint density at radius 1 is 0.920 bits per heavy atom. The highest BCUT2D eigenvalue weighted by atomic mass is 19.1. The molecule has 0 radical (unpaired) electrons. The van der Waals surface area contributed by atoms with Crippen molar-refractivity contribution >= 4 is 17.6 Å². The number of anilines is 1. The summed E-state index contributed by atoms with van der Waals surface area (Å²) in [5, 5.41) is 0. The van der Waals surface area contributed by atoms with E-state index in [1.807, 2.05) is 4.90 Å². The van der Waals surface area contributed by atoms with Crippen molar-refractivity contribution in [1.82, 2.24) is 4.90 Å². The van der Waals surface area contributed by atoms with Crippen LogP contribution >= 0.6 is 0 Å². The third-order valence-corrected chi connectivity index (χ3v) is 4.16. The van der Waals surface area contributed by atoms with E-state index in [2.05, 4.69) is 0 Å². The fraction of sp³-hybridized carbons (Fsp3) is 0.263. The SMILES string of the molecule is O=C(OCC(=O)N1CCN(c2ccccc2F)CC1)c1ccccc1. The number of para-hydroxylation sites is 1. The molecule has 130 valence electrons. The molecule has 5 nitrogen and oxygen atoms in total. The van der Waals surface area contributed by atoms with Crippen LogP contribution in [0.5, 0.6) is 0 Å². The van der Waals surface area contributed by atoms with Crippen molar-refractivity contribution < 1.29 is 18.7 Å². The van der Waals surface area contributed by atoms with Gasteiger partial charge >= 0.3 is 5.97 Å². The number of ether oxygens (including phenoxy) is 1. The van der Waals surface area contributed by atoms with E-state index in [9.17, 15) is 14.0 Å². The normalized spacial score (nSPS) is 14.3. The molecule has 1 aliphatic heterocycles. The Morgan fingerprint density at radius 2 is 1.56 bits per heavy atom. The quantitative estimate of drug-likeness (QED) is 0.800. The molecule has 3 rings (SSSR count). The fourth-order valence-electron chi connectivity index (χ4n) is 2.78. The van der Waals surface area contributed by atoms with Crippen molar-refractivity contribution in [3.8, 4) is 0 Å². The maximum atomic E-state index is 13.8. The molecule has 0 atom stereocenters. The Bertz CT molecular complexity index is 743. The van der Waals surface area contributed by atoms with Gasteiger partial charge in [-0.25, -0.2) is 9.18 Å². The zero-order valence-electron chi connectivity index (χ0n) is 13.7. The number of hydrogen-bond donors (Lipinski definition) is 0. The number of rotatable bonds is 4. The number of amides is 1. The van der Waals surface area contributed by atoms with Crippen LogP contribution in [0.3, 0.4) is 0 Å². The summed E-state index contributed by atoms with van der Waals surface area (Å²) in [7, 11) is 0. The molecule has 6 heteroatoms. The second kappa shape index (κ2) is 7.79. The Balaban J connectivity index is 1.49. The van der Waals surface area contributed by atoms with Gasteiger partial charge < -0.3 is 14.5 Å². The van der Waals surface area contributed by atoms with Crippen LogP contribution in [0.15, 0.2) is 54.6 Å². The molecule has 0 unspecified atom stereocenters. The van der Waals surface area contributed by atoms with Gasteiger partial charge in [0.25, 0.3) is 5.91 Å². The molecule has 2 aromatic carbocycles. The summed E-state index contributed by atoms with van der Waals surface area (Å²) >= 11 is 0. The predicted octanol–water partition coefficient (Wildman–Crippen LogP) is 2.33. The van der Waals surface area contributed by atoms with Crippen molar-refractivity contribution in [3.63, 3.8) is 0 Å². The molecule has 2 aromatic rings. The highest BCUT2D eigenvalue weighted by Crippen LogP contribution is 2.20. The van der Waals surface area contributed by atoms with Crippen LogP contribution in [-0.4, -0.2) is 49.6 Å². The van der Waals surface area contributed by atoms with Gasteiger partial charge in [-0.2, -0.15) is 0 Å². The number of halogens is 1. The van der Waals surface area contributed by atoms with Crippen molar-refractivity contribution in [2.75, 3.05) is 37.7 Å². The molecule has 1 fully saturated rings. The number of nitrogens with zero attached hydrogens (tertiary/aromatic N) is 2. The van der Waals surface area contributed by atoms with Crippen LogP contribution in [-0.2, 0) is 9.53 Å². The van der Waals surface area contributed by atoms with Crippen molar-refractivity contribution in [2.45, 2.75) is 0 Å². The van der Waals surface area contributed by atoms with Gasteiger partial charge in [-0.15, -0.1) is 0 Å². The lowest BCUT2D eigenvalue weighted by Gasteiger charge is -2.36. The minimum absolute atomic E-state index is 0.238. The topological polar surface area (TPSA) is 49.9 Å². The first-order valence-corrected chi connectivity index (χ1v) is 8.14. The third-order valence-electron chi connectivity index (χ3n) is 4.16. The van der Waals surface area contributed by atoms with E-state index < -0.39 is 5.97 Å². The van der Waals surface area contributed by atoms with Crippen molar-refractivity contribution in [3.05, 3.63) is 66.0 Å². The summed E-state index contributed by atoms with van der Waals surface area (Å²) in [6, 6.07) is 15.2. The van der Waals surface area contributed by atoms with Gasteiger partial charge in [-0.05, 0) is 24.3 Å². The average molecular weight is 342 g/mol. The van der Waals surface area contributed by atoms with E-state index in [0.29, 0.717) is 37.4 Å². The van der Waals surface area contributed by atoms with Crippen molar-refractivity contribution in [1.29, 1.82) is 0 Å². The van der Waals surface area contributed by atoms with Crippen LogP contribution in [0.2, 0.25) is 0 Å². The van der Waals surface area contributed by atoms with Gasteiger partial charge in [-0.1, -0.05) is 30.3 Å². The number of benzene rings is 2. The highest BCUT2D eigenvalue weighted by Gasteiger charge is 2.23. The summed E-state index contributed by atoms with van der Waals surface area (Å²) in [6.45, 7) is 1.73. The molecular weight excluding hydrogens is 323 g/mol. The molecule has 0 N–H and O–H groups in total. The van der Waals surface area contributed by atoms with E-state index in [1.54, 1.807) is 53.4 Å². The maximum Gasteiger partial charge on any atom is 0.338 e. The lowest BCUT2D eigenvalue weighted by Crippen LogP contribution is -2.50. The summed E-state index contributed by atoms with van der Waals surface area (Å²) in [6.07, 6.45) is 0. The molecule has 1 amide bonds. The number of hydrogen-bond acceptors (Lipinski definition) is 4. The molecular formula is C19H19FN2O3. The minimum Gasteiger partial charge on any atom is -0.452 e. The van der Waals surface area contributed by atoms with E-state index in [0.717, 1.165) is 0 Å². The largest absolute Gasteiger partial charge is 0.452 e. The molecule has 0 aliphatic carbocycles.